The number of pyridine rings is 1. The summed E-state index contributed by atoms with van der Waals surface area (Å²) in [5, 5.41) is 10.7. The van der Waals surface area contributed by atoms with E-state index < -0.39 is 31.3 Å². The number of nitrogens with zero attached hydrogens (tertiary/aromatic N) is 2. The highest BCUT2D eigenvalue weighted by Gasteiger charge is 2.33. The summed E-state index contributed by atoms with van der Waals surface area (Å²) in [5.74, 6) is -1.52. The molecular weight excluding hydrogens is 279 g/mol. The predicted molar refractivity (Wildman–Crippen MR) is 61.7 cm³/mol. The van der Waals surface area contributed by atoms with Crippen molar-refractivity contribution < 1.29 is 27.9 Å². The minimum Gasteiger partial charge on any atom is -0.480 e. The first-order valence-electron chi connectivity index (χ1n) is 5.48. The molecule has 0 saturated carbocycles. The number of amides is 2. The van der Waals surface area contributed by atoms with Gasteiger partial charge in [0.15, 0.2) is 0 Å². The Bertz CT molecular complexity index is 465. The summed E-state index contributed by atoms with van der Waals surface area (Å²) in [6.07, 6.45) is -1.72. The fourth-order valence-corrected chi connectivity index (χ4v) is 1.37. The van der Waals surface area contributed by atoms with Crippen LogP contribution in [0.3, 0.4) is 0 Å². The molecule has 110 valence electrons. The van der Waals surface area contributed by atoms with Crippen LogP contribution < -0.4 is 5.32 Å². The number of halogens is 3. The Morgan fingerprint density at radius 2 is 2.10 bits per heavy atom. The maximum absolute atomic E-state index is 12.3. The average molecular weight is 291 g/mol. The molecule has 0 aliphatic heterocycles. The Balaban J connectivity index is 2.61. The van der Waals surface area contributed by atoms with E-state index in [4.69, 9.17) is 5.11 Å². The van der Waals surface area contributed by atoms with Crippen molar-refractivity contribution >= 4 is 12.0 Å². The van der Waals surface area contributed by atoms with Crippen LogP contribution in [-0.2, 0) is 11.3 Å². The number of alkyl halides is 3. The Morgan fingerprint density at radius 1 is 1.40 bits per heavy atom. The maximum Gasteiger partial charge on any atom is 0.406 e. The molecule has 1 aromatic rings. The minimum atomic E-state index is -4.67. The Labute approximate surface area is 112 Å². The quantitative estimate of drug-likeness (QED) is 0.855. The van der Waals surface area contributed by atoms with E-state index in [1.165, 1.54) is 12.4 Å². The highest BCUT2D eigenvalue weighted by Crippen LogP contribution is 2.16. The number of nitrogens with one attached hydrogen (secondary N) is 1. The van der Waals surface area contributed by atoms with Crippen molar-refractivity contribution in [1.29, 1.82) is 0 Å². The number of carboxylic acid groups (broad SMARTS) is 1. The van der Waals surface area contributed by atoms with Crippen molar-refractivity contribution in [1.82, 2.24) is 15.2 Å². The van der Waals surface area contributed by atoms with Crippen molar-refractivity contribution in [3.8, 4) is 0 Å². The van der Waals surface area contributed by atoms with Gasteiger partial charge >= 0.3 is 18.2 Å². The molecule has 2 amide bonds. The maximum atomic E-state index is 12.3. The third kappa shape index (κ3) is 6.03. The lowest BCUT2D eigenvalue weighted by atomic mass is 10.3. The van der Waals surface area contributed by atoms with E-state index in [0.29, 0.717) is 5.56 Å². The van der Waals surface area contributed by atoms with Crippen molar-refractivity contribution in [3.63, 3.8) is 0 Å². The van der Waals surface area contributed by atoms with Gasteiger partial charge in [0.25, 0.3) is 0 Å². The number of hydrogen-bond acceptors (Lipinski definition) is 3. The smallest absolute Gasteiger partial charge is 0.406 e. The zero-order chi connectivity index (χ0) is 15.2. The molecule has 20 heavy (non-hydrogen) atoms. The normalized spacial score (nSPS) is 10.9. The molecule has 0 atom stereocenters. The van der Waals surface area contributed by atoms with Gasteiger partial charge in [0.1, 0.15) is 13.1 Å². The molecule has 0 aliphatic rings. The lowest BCUT2D eigenvalue weighted by Crippen LogP contribution is -2.46. The molecule has 0 aromatic carbocycles. The monoisotopic (exact) mass is 291 g/mol. The van der Waals surface area contributed by atoms with Gasteiger partial charge in [0.05, 0.1) is 0 Å². The summed E-state index contributed by atoms with van der Waals surface area (Å²) in [6.45, 7) is -2.70. The number of carboxylic acids is 1. The number of rotatable bonds is 5. The van der Waals surface area contributed by atoms with Crippen LogP contribution in [0, 0.1) is 0 Å². The highest BCUT2D eigenvalue weighted by atomic mass is 19.4. The summed E-state index contributed by atoms with van der Waals surface area (Å²) < 4.78 is 36.8. The molecule has 0 bridgehead atoms. The van der Waals surface area contributed by atoms with Gasteiger partial charge in [-0.15, -0.1) is 0 Å². The first-order valence-corrected chi connectivity index (χ1v) is 5.48. The molecule has 9 heteroatoms. The van der Waals surface area contributed by atoms with Gasteiger partial charge in [-0.1, -0.05) is 6.07 Å². The molecule has 6 nitrogen and oxygen atoms in total. The van der Waals surface area contributed by atoms with Gasteiger partial charge in [-0.2, -0.15) is 13.2 Å². The summed E-state index contributed by atoms with van der Waals surface area (Å²) in [5.41, 5.74) is 0.586. The van der Waals surface area contributed by atoms with Crippen molar-refractivity contribution in [3.05, 3.63) is 30.1 Å². The summed E-state index contributed by atoms with van der Waals surface area (Å²) >= 11 is 0. The fourth-order valence-electron chi connectivity index (χ4n) is 1.37. The first kappa shape index (κ1) is 15.7. The molecule has 2 N–H and O–H groups in total. The van der Waals surface area contributed by atoms with Gasteiger partial charge in [-0.25, -0.2) is 4.79 Å². The van der Waals surface area contributed by atoms with E-state index in [1.807, 2.05) is 0 Å². The van der Waals surface area contributed by atoms with E-state index in [1.54, 1.807) is 12.1 Å². The Hall–Kier alpha value is -2.32. The van der Waals surface area contributed by atoms with Crippen molar-refractivity contribution in [2.45, 2.75) is 12.7 Å². The molecule has 0 spiro atoms. The van der Waals surface area contributed by atoms with Gasteiger partial charge in [0, 0.05) is 18.9 Å². The van der Waals surface area contributed by atoms with Crippen LogP contribution >= 0.6 is 0 Å². The van der Waals surface area contributed by atoms with E-state index in [-0.39, 0.29) is 11.4 Å². The van der Waals surface area contributed by atoms with Crippen LogP contribution in [0.2, 0.25) is 0 Å². The van der Waals surface area contributed by atoms with Gasteiger partial charge in [-0.3, -0.25) is 9.78 Å². The molecule has 0 unspecified atom stereocenters. The average Bonchev–Trinajstić information content (AvgIpc) is 2.34. The Kier molecular flexibility index (Phi) is 5.30. The van der Waals surface area contributed by atoms with E-state index in [9.17, 15) is 22.8 Å². The fraction of sp³-hybridized carbons (Fsp3) is 0.364. The highest BCUT2D eigenvalue weighted by molar-refractivity contribution is 5.80. The second-order valence-electron chi connectivity index (χ2n) is 3.88. The lowest BCUT2D eigenvalue weighted by molar-refractivity contribution is -0.148. The van der Waals surface area contributed by atoms with Crippen molar-refractivity contribution in [2.24, 2.45) is 0 Å². The molecule has 0 aliphatic carbocycles. The molecule has 1 heterocycles. The van der Waals surface area contributed by atoms with E-state index in [2.05, 4.69) is 10.3 Å². The lowest BCUT2D eigenvalue weighted by Gasteiger charge is -2.22. The third-order valence-corrected chi connectivity index (χ3v) is 2.15. The van der Waals surface area contributed by atoms with Crippen LogP contribution in [-0.4, -0.2) is 46.3 Å². The van der Waals surface area contributed by atoms with Gasteiger partial charge in [-0.05, 0) is 11.6 Å². The second kappa shape index (κ2) is 6.73. The molecule has 1 aromatic heterocycles. The minimum absolute atomic E-state index is 0.0410. The Morgan fingerprint density at radius 3 is 2.60 bits per heavy atom. The molecule has 1 rings (SSSR count). The zero-order valence-electron chi connectivity index (χ0n) is 10.2. The molecule has 0 saturated heterocycles. The zero-order valence-corrected chi connectivity index (χ0v) is 10.2. The van der Waals surface area contributed by atoms with Crippen LogP contribution in [0.1, 0.15) is 5.56 Å². The number of aliphatic carboxylic acids is 1. The predicted octanol–water partition coefficient (Wildman–Crippen LogP) is 1.24. The third-order valence-electron chi connectivity index (χ3n) is 2.15. The summed E-state index contributed by atoms with van der Waals surface area (Å²) in [7, 11) is 0. The summed E-state index contributed by atoms with van der Waals surface area (Å²) in [4.78, 5) is 26.0. The number of urea groups is 1. The van der Waals surface area contributed by atoms with Gasteiger partial charge in [0.2, 0.25) is 0 Å². The van der Waals surface area contributed by atoms with Crippen LogP contribution in [0.4, 0.5) is 18.0 Å². The van der Waals surface area contributed by atoms with Crippen molar-refractivity contribution in [2.75, 3.05) is 13.1 Å². The van der Waals surface area contributed by atoms with E-state index in [0.717, 1.165) is 0 Å². The van der Waals surface area contributed by atoms with Crippen LogP contribution in [0.25, 0.3) is 0 Å². The molecule has 0 fully saturated rings. The number of hydrogen-bond donors (Lipinski definition) is 2. The number of aromatic nitrogens is 1. The molecule has 0 radical (unpaired) electrons. The van der Waals surface area contributed by atoms with Gasteiger partial charge < -0.3 is 15.3 Å². The number of carbonyl (C=O) groups is 2. The molecular formula is C11H12F3N3O3. The second-order valence-corrected chi connectivity index (χ2v) is 3.88. The number of carbonyl (C=O) groups excluding carboxylic acids is 1. The topological polar surface area (TPSA) is 82.5 Å². The van der Waals surface area contributed by atoms with Crippen LogP contribution in [0.5, 0.6) is 0 Å². The van der Waals surface area contributed by atoms with E-state index >= 15 is 0 Å². The summed E-state index contributed by atoms with van der Waals surface area (Å²) in [6, 6.07) is 2.12. The standard InChI is InChI=1S/C11H12F3N3O3/c12-11(13,14)7-17(6-9(18)19)10(20)16-5-8-2-1-3-15-4-8/h1-4H,5-7H2,(H,16,20)(H,18,19). The first-order chi connectivity index (χ1) is 9.28. The SMILES string of the molecule is O=C(O)CN(CC(F)(F)F)C(=O)NCc1cccnc1. The largest absolute Gasteiger partial charge is 0.480 e. The van der Waals surface area contributed by atoms with Crippen LogP contribution in [0.15, 0.2) is 24.5 Å².